The molecule has 3 aromatic heterocycles. The number of rotatable bonds is 3. The van der Waals surface area contributed by atoms with Crippen molar-refractivity contribution >= 4 is 85.8 Å². The van der Waals surface area contributed by atoms with Crippen molar-refractivity contribution in [3.8, 4) is 28.3 Å². The smallest absolute Gasteiger partial charge is 0.235 e. The van der Waals surface area contributed by atoms with Crippen molar-refractivity contribution in [2.45, 2.75) is 0 Å². The van der Waals surface area contributed by atoms with Crippen molar-refractivity contribution in [1.29, 1.82) is 0 Å². The molecule has 0 saturated heterocycles. The van der Waals surface area contributed by atoms with Gasteiger partial charge in [0.25, 0.3) is 0 Å². The summed E-state index contributed by atoms with van der Waals surface area (Å²) in [5.74, 6) is 0.669. The van der Waals surface area contributed by atoms with Crippen molar-refractivity contribution in [3.05, 3.63) is 164 Å². The molecule has 0 atom stereocenters. The zero-order valence-corrected chi connectivity index (χ0v) is 27.7. The van der Waals surface area contributed by atoms with E-state index in [0.29, 0.717) is 5.95 Å². The molecule has 11 rings (SSSR count). The lowest BCUT2D eigenvalue weighted by atomic mass is 9.98. The van der Waals surface area contributed by atoms with Gasteiger partial charge in [-0.3, -0.25) is 4.57 Å². The average molecular weight is 654 g/mol. The van der Waals surface area contributed by atoms with E-state index >= 15 is 0 Å². The van der Waals surface area contributed by atoms with Gasteiger partial charge in [-0.25, -0.2) is 9.97 Å². The molecule has 0 aliphatic heterocycles. The second kappa shape index (κ2) is 10.6. The van der Waals surface area contributed by atoms with E-state index in [1.807, 2.05) is 11.3 Å². The molecule has 0 aliphatic rings. The van der Waals surface area contributed by atoms with E-state index in [4.69, 9.17) is 9.97 Å². The molecular weight excluding hydrogens is 627 g/mol. The molecule has 0 unspecified atom stereocenters. The van der Waals surface area contributed by atoms with Crippen LogP contribution in [0.3, 0.4) is 0 Å². The van der Waals surface area contributed by atoms with Crippen molar-refractivity contribution in [2.24, 2.45) is 0 Å². The normalized spacial score (nSPS) is 12.0. The average Bonchev–Trinajstić information content (AvgIpc) is 3.74. The number of para-hydroxylation sites is 1. The van der Waals surface area contributed by atoms with E-state index in [2.05, 4.69) is 168 Å². The van der Waals surface area contributed by atoms with E-state index in [0.717, 1.165) is 38.8 Å². The largest absolute Gasteiger partial charge is 0.277 e. The molecule has 0 bridgehead atoms. The van der Waals surface area contributed by atoms with Gasteiger partial charge in [-0.15, -0.1) is 11.3 Å². The molecule has 11 aromatic rings. The summed E-state index contributed by atoms with van der Waals surface area (Å²) < 4.78 is 4.94. The highest BCUT2D eigenvalue weighted by atomic mass is 32.1. The van der Waals surface area contributed by atoms with E-state index in [9.17, 15) is 0 Å². The SMILES string of the molecule is c1ccc(-c2ccc3nc(-n4c5ccccc5c5ccc6c(ccc7ccc8c9ccccc9sc8c76)c54)nc(-c4ccccc4)c3c2)cc1. The molecule has 3 nitrogen and oxygen atoms in total. The molecule has 8 aromatic carbocycles. The predicted molar refractivity (Wildman–Crippen MR) is 213 cm³/mol. The third-order valence-corrected chi connectivity index (χ3v) is 11.4. The number of aromatic nitrogens is 3. The summed E-state index contributed by atoms with van der Waals surface area (Å²) in [6, 6.07) is 58.7. The molecule has 0 aliphatic carbocycles. The molecule has 0 fully saturated rings. The Hall–Kier alpha value is -6.36. The van der Waals surface area contributed by atoms with Gasteiger partial charge in [0.1, 0.15) is 0 Å². The standard InChI is InChI=1S/C46H27N3S/c1-3-11-28(12-4-1)31-21-26-39-38(27-31)43(30-13-5-2-6-14-30)48-46(47-39)49-40-17-9-7-15-32(40)35-25-24-34-36(44(35)49)22-19-29-20-23-37-33-16-8-10-18-41(33)50-45(37)42(29)34/h1-27H. The fraction of sp³-hybridized carbons (Fsp3) is 0. The highest BCUT2D eigenvalue weighted by Crippen LogP contribution is 2.44. The summed E-state index contributed by atoms with van der Waals surface area (Å²) in [4.78, 5) is 10.8. The minimum absolute atomic E-state index is 0.669. The summed E-state index contributed by atoms with van der Waals surface area (Å²) in [5.41, 5.74) is 7.44. The quantitative estimate of drug-likeness (QED) is 0.178. The Morgan fingerprint density at radius 3 is 1.94 bits per heavy atom. The van der Waals surface area contributed by atoms with Gasteiger partial charge < -0.3 is 0 Å². The molecule has 0 amide bonds. The zero-order chi connectivity index (χ0) is 32.8. The van der Waals surface area contributed by atoms with Gasteiger partial charge in [0.15, 0.2) is 0 Å². The van der Waals surface area contributed by atoms with Crippen LogP contribution in [0.1, 0.15) is 0 Å². The Bertz CT molecular complexity index is 3140. The van der Waals surface area contributed by atoms with Crippen LogP contribution >= 0.6 is 11.3 Å². The molecular formula is C46H27N3S. The van der Waals surface area contributed by atoms with Crippen LogP contribution in [-0.2, 0) is 0 Å². The number of thiophene rings is 1. The lowest BCUT2D eigenvalue weighted by molar-refractivity contribution is 1.02. The van der Waals surface area contributed by atoms with Crippen LogP contribution < -0.4 is 0 Å². The summed E-state index contributed by atoms with van der Waals surface area (Å²) in [6.45, 7) is 0. The topological polar surface area (TPSA) is 30.7 Å². The molecule has 3 heterocycles. The first-order valence-corrected chi connectivity index (χ1v) is 17.7. The number of hydrogen-bond donors (Lipinski definition) is 0. The molecule has 50 heavy (non-hydrogen) atoms. The van der Waals surface area contributed by atoms with Gasteiger partial charge >= 0.3 is 0 Å². The minimum Gasteiger partial charge on any atom is -0.277 e. The fourth-order valence-corrected chi connectivity index (χ4v) is 9.19. The molecule has 232 valence electrons. The lowest BCUT2D eigenvalue weighted by Crippen LogP contribution is -2.04. The number of fused-ring (bicyclic) bond motifs is 12. The Kier molecular flexibility index (Phi) is 5.83. The Labute approximate surface area is 291 Å². The van der Waals surface area contributed by atoms with Gasteiger partial charge in [0.2, 0.25) is 5.95 Å². The minimum atomic E-state index is 0.669. The lowest BCUT2D eigenvalue weighted by Gasteiger charge is -2.14. The van der Waals surface area contributed by atoms with E-state index in [1.165, 1.54) is 58.1 Å². The van der Waals surface area contributed by atoms with Gasteiger partial charge in [0.05, 0.1) is 22.2 Å². The van der Waals surface area contributed by atoms with Gasteiger partial charge in [-0.2, -0.15) is 0 Å². The maximum atomic E-state index is 5.45. The van der Waals surface area contributed by atoms with E-state index in [-0.39, 0.29) is 0 Å². The summed E-state index contributed by atoms with van der Waals surface area (Å²) in [7, 11) is 0. The summed E-state index contributed by atoms with van der Waals surface area (Å²) in [5, 5.41) is 11.0. The van der Waals surface area contributed by atoms with Crippen LogP contribution in [0.25, 0.3) is 103 Å². The van der Waals surface area contributed by atoms with Gasteiger partial charge in [0, 0.05) is 52.7 Å². The zero-order valence-electron chi connectivity index (χ0n) is 26.8. The maximum absolute atomic E-state index is 5.45. The number of benzene rings is 8. The van der Waals surface area contributed by atoms with Crippen molar-refractivity contribution in [3.63, 3.8) is 0 Å². The third kappa shape index (κ3) is 3.97. The van der Waals surface area contributed by atoms with Crippen LogP contribution in [0.5, 0.6) is 0 Å². The highest BCUT2D eigenvalue weighted by molar-refractivity contribution is 7.26. The van der Waals surface area contributed by atoms with Crippen LogP contribution in [0.4, 0.5) is 0 Å². The van der Waals surface area contributed by atoms with E-state index < -0.39 is 0 Å². The van der Waals surface area contributed by atoms with Gasteiger partial charge in [-0.05, 0) is 46.2 Å². The van der Waals surface area contributed by atoms with Crippen molar-refractivity contribution in [1.82, 2.24) is 14.5 Å². The highest BCUT2D eigenvalue weighted by Gasteiger charge is 2.21. The van der Waals surface area contributed by atoms with Crippen molar-refractivity contribution < 1.29 is 0 Å². The van der Waals surface area contributed by atoms with Gasteiger partial charge in [-0.1, -0.05) is 140 Å². The van der Waals surface area contributed by atoms with Crippen LogP contribution in [-0.4, -0.2) is 14.5 Å². The Morgan fingerprint density at radius 2 is 1.10 bits per heavy atom. The molecule has 0 spiro atoms. The maximum Gasteiger partial charge on any atom is 0.235 e. The van der Waals surface area contributed by atoms with Crippen LogP contribution in [0.2, 0.25) is 0 Å². The van der Waals surface area contributed by atoms with Crippen molar-refractivity contribution in [2.75, 3.05) is 0 Å². The first-order valence-electron chi connectivity index (χ1n) is 16.9. The summed E-state index contributed by atoms with van der Waals surface area (Å²) in [6.07, 6.45) is 0. The van der Waals surface area contributed by atoms with Crippen LogP contribution in [0.15, 0.2) is 164 Å². The molecule has 0 N–H and O–H groups in total. The monoisotopic (exact) mass is 653 g/mol. The van der Waals surface area contributed by atoms with Crippen LogP contribution in [0, 0.1) is 0 Å². The Balaban J connectivity index is 1.26. The Morgan fingerprint density at radius 1 is 0.440 bits per heavy atom. The predicted octanol–water partition coefficient (Wildman–Crippen LogP) is 12.7. The first kappa shape index (κ1) is 27.6. The summed E-state index contributed by atoms with van der Waals surface area (Å²) >= 11 is 1.89. The second-order valence-electron chi connectivity index (χ2n) is 12.9. The van der Waals surface area contributed by atoms with E-state index in [1.54, 1.807) is 0 Å². The third-order valence-electron chi connectivity index (χ3n) is 10.2. The molecule has 4 heteroatoms. The molecule has 0 saturated carbocycles. The second-order valence-corrected chi connectivity index (χ2v) is 14.0. The fourth-order valence-electron chi connectivity index (χ4n) is 7.91. The first-order chi connectivity index (χ1) is 24.8. The molecule has 0 radical (unpaired) electrons. The number of hydrogen-bond acceptors (Lipinski definition) is 3. The number of nitrogens with zero attached hydrogens (tertiary/aromatic N) is 3.